The molecule has 0 aromatic heterocycles. The summed E-state index contributed by atoms with van der Waals surface area (Å²) >= 11 is 0. The molecule has 92 valence electrons. The molecule has 0 aliphatic carbocycles. The minimum absolute atomic E-state index is 0.0513. The van der Waals surface area contributed by atoms with Crippen LogP contribution in [0, 0.1) is 5.92 Å². The fraction of sp³-hybridized carbons (Fsp3) is 0.750. The molecule has 0 radical (unpaired) electrons. The van der Waals surface area contributed by atoms with Crippen LogP contribution in [0.1, 0.15) is 19.8 Å². The van der Waals surface area contributed by atoms with E-state index in [0.717, 1.165) is 25.9 Å². The number of carbonyl (C=O) groups excluding carboxylic acids is 1. The molecule has 4 heteroatoms. The van der Waals surface area contributed by atoms with Gasteiger partial charge in [-0.3, -0.25) is 9.69 Å². The Morgan fingerprint density at radius 1 is 1.62 bits per heavy atom. The van der Waals surface area contributed by atoms with E-state index in [9.17, 15) is 9.90 Å². The average molecular weight is 226 g/mol. The van der Waals surface area contributed by atoms with Crippen LogP contribution in [0.25, 0.3) is 0 Å². The number of nitrogens with one attached hydrogen (secondary N) is 1. The molecule has 0 spiro atoms. The lowest BCUT2D eigenvalue weighted by molar-refractivity contribution is -0.122. The third-order valence-corrected chi connectivity index (χ3v) is 3.13. The minimum atomic E-state index is -0.225. The highest BCUT2D eigenvalue weighted by molar-refractivity contribution is 5.78. The van der Waals surface area contributed by atoms with Crippen LogP contribution in [-0.2, 0) is 4.79 Å². The molecule has 1 unspecified atom stereocenters. The zero-order chi connectivity index (χ0) is 12.0. The summed E-state index contributed by atoms with van der Waals surface area (Å²) in [6, 6.07) is 0. The maximum Gasteiger partial charge on any atom is 0.234 e. The minimum Gasteiger partial charge on any atom is -0.393 e. The van der Waals surface area contributed by atoms with Gasteiger partial charge in [-0.2, -0.15) is 0 Å². The van der Waals surface area contributed by atoms with Crippen molar-refractivity contribution in [1.82, 2.24) is 10.2 Å². The molecule has 1 aliphatic rings. The number of carbonyl (C=O) groups is 1. The molecule has 0 aromatic rings. The Balaban J connectivity index is 2.21. The largest absolute Gasteiger partial charge is 0.393 e. The number of hydrogen-bond donors (Lipinski definition) is 2. The van der Waals surface area contributed by atoms with Gasteiger partial charge in [0.2, 0.25) is 5.91 Å². The van der Waals surface area contributed by atoms with Gasteiger partial charge in [0.25, 0.3) is 0 Å². The maximum atomic E-state index is 11.4. The summed E-state index contributed by atoms with van der Waals surface area (Å²) in [5, 5.41) is 12.2. The van der Waals surface area contributed by atoms with Crippen molar-refractivity contribution < 1.29 is 9.90 Å². The first-order chi connectivity index (χ1) is 7.63. The zero-order valence-corrected chi connectivity index (χ0v) is 9.98. The van der Waals surface area contributed by atoms with Crippen LogP contribution in [0.4, 0.5) is 0 Å². The van der Waals surface area contributed by atoms with Crippen molar-refractivity contribution in [1.29, 1.82) is 0 Å². The van der Waals surface area contributed by atoms with Gasteiger partial charge in [-0.15, -0.1) is 6.58 Å². The van der Waals surface area contributed by atoms with Gasteiger partial charge in [0, 0.05) is 6.54 Å². The van der Waals surface area contributed by atoms with Gasteiger partial charge in [-0.25, -0.2) is 0 Å². The van der Waals surface area contributed by atoms with Crippen LogP contribution < -0.4 is 5.32 Å². The number of aliphatic hydroxyl groups is 1. The van der Waals surface area contributed by atoms with Crippen LogP contribution >= 0.6 is 0 Å². The molecule has 1 atom stereocenters. The van der Waals surface area contributed by atoms with E-state index in [4.69, 9.17) is 0 Å². The first kappa shape index (κ1) is 13.2. The van der Waals surface area contributed by atoms with Crippen molar-refractivity contribution in [3.63, 3.8) is 0 Å². The van der Waals surface area contributed by atoms with E-state index < -0.39 is 0 Å². The Kier molecular flexibility index (Phi) is 5.49. The van der Waals surface area contributed by atoms with Gasteiger partial charge in [-0.1, -0.05) is 6.08 Å². The van der Waals surface area contributed by atoms with Crippen LogP contribution in [0.5, 0.6) is 0 Å². The second kappa shape index (κ2) is 6.66. The lowest BCUT2D eigenvalue weighted by Crippen LogP contribution is -2.43. The van der Waals surface area contributed by atoms with Crippen molar-refractivity contribution in [2.75, 3.05) is 26.2 Å². The summed E-state index contributed by atoms with van der Waals surface area (Å²) in [4.78, 5) is 13.6. The Morgan fingerprint density at radius 2 is 2.25 bits per heavy atom. The van der Waals surface area contributed by atoms with E-state index in [1.54, 1.807) is 6.08 Å². The van der Waals surface area contributed by atoms with E-state index in [2.05, 4.69) is 16.8 Å². The standard InChI is InChI=1S/C12H22N2O2/c1-3-6-13-12(16)9-14-7-4-11(5-8-14)10(2)15/h3,10-11,15H,1,4-9H2,2H3,(H,13,16). The van der Waals surface area contributed by atoms with Gasteiger partial charge in [0.1, 0.15) is 0 Å². The highest BCUT2D eigenvalue weighted by Crippen LogP contribution is 2.19. The smallest absolute Gasteiger partial charge is 0.234 e. The van der Waals surface area contributed by atoms with E-state index in [0.29, 0.717) is 19.0 Å². The van der Waals surface area contributed by atoms with Crippen molar-refractivity contribution in [2.24, 2.45) is 5.92 Å². The zero-order valence-electron chi connectivity index (χ0n) is 9.98. The summed E-state index contributed by atoms with van der Waals surface area (Å²) in [7, 11) is 0. The normalized spacial score (nSPS) is 20.4. The molecule has 16 heavy (non-hydrogen) atoms. The fourth-order valence-electron chi connectivity index (χ4n) is 2.04. The molecule has 1 fully saturated rings. The van der Waals surface area contributed by atoms with Crippen LogP contribution in [-0.4, -0.2) is 48.2 Å². The second-order valence-electron chi connectivity index (χ2n) is 4.45. The number of rotatable bonds is 5. The summed E-state index contributed by atoms with van der Waals surface area (Å²) in [6.45, 7) is 8.19. The Hall–Kier alpha value is -0.870. The molecule has 1 amide bonds. The molecule has 1 rings (SSSR count). The molecular formula is C12H22N2O2. The molecule has 1 aliphatic heterocycles. The Labute approximate surface area is 97.3 Å². The maximum absolute atomic E-state index is 11.4. The van der Waals surface area contributed by atoms with E-state index >= 15 is 0 Å². The predicted octanol–water partition coefficient (Wildman–Crippen LogP) is 0.381. The monoisotopic (exact) mass is 226 g/mol. The molecular weight excluding hydrogens is 204 g/mol. The van der Waals surface area contributed by atoms with Gasteiger partial charge in [0.05, 0.1) is 12.6 Å². The van der Waals surface area contributed by atoms with Gasteiger partial charge >= 0.3 is 0 Å². The van der Waals surface area contributed by atoms with Gasteiger partial charge in [-0.05, 0) is 38.8 Å². The number of aliphatic hydroxyl groups excluding tert-OH is 1. The van der Waals surface area contributed by atoms with Crippen molar-refractivity contribution in [3.05, 3.63) is 12.7 Å². The Morgan fingerprint density at radius 3 is 2.75 bits per heavy atom. The molecule has 0 saturated carbocycles. The first-order valence-corrected chi connectivity index (χ1v) is 5.91. The van der Waals surface area contributed by atoms with Crippen molar-refractivity contribution in [3.8, 4) is 0 Å². The summed E-state index contributed by atoms with van der Waals surface area (Å²) < 4.78 is 0. The van der Waals surface area contributed by atoms with Crippen LogP contribution in [0.2, 0.25) is 0 Å². The number of likely N-dealkylation sites (tertiary alicyclic amines) is 1. The quantitative estimate of drug-likeness (QED) is 0.666. The Bertz CT molecular complexity index is 233. The molecule has 0 bridgehead atoms. The molecule has 2 N–H and O–H groups in total. The third-order valence-electron chi connectivity index (χ3n) is 3.13. The van der Waals surface area contributed by atoms with E-state index in [-0.39, 0.29) is 12.0 Å². The lowest BCUT2D eigenvalue weighted by Gasteiger charge is -2.32. The summed E-state index contributed by atoms with van der Waals surface area (Å²) in [6.07, 6.45) is 3.41. The third kappa shape index (κ3) is 4.33. The summed E-state index contributed by atoms with van der Waals surface area (Å²) in [5.74, 6) is 0.447. The van der Waals surface area contributed by atoms with Gasteiger partial charge < -0.3 is 10.4 Å². The lowest BCUT2D eigenvalue weighted by atomic mass is 9.92. The highest BCUT2D eigenvalue weighted by Gasteiger charge is 2.23. The number of amides is 1. The highest BCUT2D eigenvalue weighted by atomic mass is 16.3. The number of piperidine rings is 1. The first-order valence-electron chi connectivity index (χ1n) is 5.91. The van der Waals surface area contributed by atoms with Crippen molar-refractivity contribution in [2.45, 2.75) is 25.9 Å². The predicted molar refractivity (Wildman–Crippen MR) is 64.1 cm³/mol. The van der Waals surface area contributed by atoms with E-state index in [1.807, 2.05) is 6.92 Å². The second-order valence-corrected chi connectivity index (χ2v) is 4.45. The molecule has 0 aromatic carbocycles. The van der Waals surface area contributed by atoms with Crippen LogP contribution in [0.3, 0.4) is 0 Å². The molecule has 1 heterocycles. The molecule has 1 saturated heterocycles. The van der Waals surface area contributed by atoms with E-state index in [1.165, 1.54) is 0 Å². The summed E-state index contributed by atoms with van der Waals surface area (Å²) in [5.41, 5.74) is 0. The van der Waals surface area contributed by atoms with Gasteiger partial charge in [0.15, 0.2) is 0 Å². The SMILES string of the molecule is C=CCNC(=O)CN1CCC(C(C)O)CC1. The average Bonchev–Trinajstić information content (AvgIpc) is 2.27. The van der Waals surface area contributed by atoms with Crippen molar-refractivity contribution >= 4 is 5.91 Å². The number of nitrogens with zero attached hydrogens (tertiary/aromatic N) is 1. The fourth-order valence-corrected chi connectivity index (χ4v) is 2.04. The van der Waals surface area contributed by atoms with Crippen LogP contribution in [0.15, 0.2) is 12.7 Å². The molecule has 4 nitrogen and oxygen atoms in total. The topological polar surface area (TPSA) is 52.6 Å². The number of hydrogen-bond acceptors (Lipinski definition) is 3.